The highest BCUT2D eigenvalue weighted by atomic mass is 16.2. The number of hydrogen-bond acceptors (Lipinski definition) is 3. The van der Waals surface area contributed by atoms with Crippen LogP contribution >= 0.6 is 0 Å². The van der Waals surface area contributed by atoms with Crippen molar-refractivity contribution in [3.63, 3.8) is 0 Å². The highest BCUT2D eigenvalue weighted by molar-refractivity contribution is 5.78. The quantitative estimate of drug-likeness (QED) is 0.923. The first-order valence-electron chi connectivity index (χ1n) is 8.78. The second kappa shape index (κ2) is 7.02. The molecule has 2 heterocycles. The Morgan fingerprint density at radius 3 is 2.87 bits per heavy atom. The van der Waals surface area contributed by atoms with Gasteiger partial charge in [-0.1, -0.05) is 29.8 Å². The molecular formula is C19H29N3O. The molecule has 1 atom stereocenters. The van der Waals surface area contributed by atoms with E-state index in [4.69, 9.17) is 0 Å². The third-order valence-corrected chi connectivity index (χ3v) is 5.31. The largest absolute Gasteiger partial charge is 0.351 e. The second-order valence-electron chi connectivity index (χ2n) is 7.57. The van der Waals surface area contributed by atoms with E-state index in [0.717, 1.165) is 13.1 Å². The molecule has 126 valence electrons. The number of hydrogen-bond donors (Lipinski definition) is 1. The zero-order valence-electron chi connectivity index (χ0n) is 14.5. The summed E-state index contributed by atoms with van der Waals surface area (Å²) < 4.78 is 0. The lowest BCUT2D eigenvalue weighted by atomic mass is 9.79. The highest BCUT2D eigenvalue weighted by Crippen LogP contribution is 2.38. The van der Waals surface area contributed by atoms with Crippen molar-refractivity contribution in [1.29, 1.82) is 0 Å². The Labute approximate surface area is 139 Å². The van der Waals surface area contributed by atoms with E-state index in [-0.39, 0.29) is 5.91 Å². The van der Waals surface area contributed by atoms with Crippen molar-refractivity contribution in [2.75, 3.05) is 39.8 Å². The molecule has 2 aliphatic rings. The first-order valence-corrected chi connectivity index (χ1v) is 8.78. The molecule has 1 aromatic carbocycles. The molecule has 0 radical (unpaired) electrons. The molecular weight excluding hydrogens is 286 g/mol. The first-order chi connectivity index (χ1) is 11.0. The van der Waals surface area contributed by atoms with Crippen LogP contribution in [0.5, 0.6) is 0 Å². The minimum atomic E-state index is 0.148. The van der Waals surface area contributed by atoms with Gasteiger partial charge in [0, 0.05) is 19.6 Å². The fourth-order valence-electron chi connectivity index (χ4n) is 4.22. The minimum absolute atomic E-state index is 0.148. The number of nitrogens with zero attached hydrogens (tertiary/aromatic N) is 2. The molecule has 23 heavy (non-hydrogen) atoms. The van der Waals surface area contributed by atoms with E-state index in [1.54, 1.807) is 0 Å². The number of aryl methyl sites for hydroxylation is 1. The number of piperidine rings is 1. The van der Waals surface area contributed by atoms with Crippen LogP contribution in [0, 0.1) is 12.3 Å². The average molecular weight is 315 g/mol. The van der Waals surface area contributed by atoms with Gasteiger partial charge in [-0.25, -0.2) is 0 Å². The van der Waals surface area contributed by atoms with Crippen LogP contribution in [-0.4, -0.2) is 55.5 Å². The van der Waals surface area contributed by atoms with Gasteiger partial charge >= 0.3 is 0 Å². The lowest BCUT2D eigenvalue weighted by molar-refractivity contribution is -0.123. The van der Waals surface area contributed by atoms with Crippen LogP contribution in [0.2, 0.25) is 0 Å². The van der Waals surface area contributed by atoms with Crippen molar-refractivity contribution in [1.82, 2.24) is 15.1 Å². The summed E-state index contributed by atoms with van der Waals surface area (Å²) in [5.41, 5.74) is 2.84. The molecule has 2 fully saturated rings. The van der Waals surface area contributed by atoms with E-state index < -0.39 is 0 Å². The second-order valence-corrected chi connectivity index (χ2v) is 7.57. The van der Waals surface area contributed by atoms with Gasteiger partial charge in [-0.2, -0.15) is 0 Å². The maximum atomic E-state index is 12.3. The normalized spacial score (nSPS) is 25.8. The number of rotatable bonds is 4. The molecule has 0 aromatic heterocycles. The van der Waals surface area contributed by atoms with Gasteiger partial charge in [0.05, 0.1) is 6.54 Å². The van der Waals surface area contributed by atoms with E-state index >= 15 is 0 Å². The van der Waals surface area contributed by atoms with Crippen molar-refractivity contribution < 1.29 is 4.79 Å². The Kier molecular flexibility index (Phi) is 5.02. The van der Waals surface area contributed by atoms with E-state index in [1.807, 2.05) is 6.07 Å². The fraction of sp³-hybridized carbons (Fsp3) is 0.632. The molecule has 4 heteroatoms. The van der Waals surface area contributed by atoms with Crippen LogP contribution in [0.15, 0.2) is 24.3 Å². The number of benzene rings is 1. The number of amides is 1. The van der Waals surface area contributed by atoms with Crippen LogP contribution in [0.25, 0.3) is 0 Å². The molecule has 1 aromatic rings. The summed E-state index contributed by atoms with van der Waals surface area (Å²) in [4.78, 5) is 17.1. The molecule has 2 saturated heterocycles. The maximum Gasteiger partial charge on any atom is 0.234 e. The zero-order chi connectivity index (χ0) is 16.3. The standard InChI is InChI=1S/C19H29N3O/c1-16-5-3-6-17(11-16)12-20-18(23)13-22-9-4-7-19(15-22)8-10-21(2)14-19/h3,5-6,11H,4,7-10,12-15H2,1-2H3,(H,20,23). The monoisotopic (exact) mass is 315 g/mol. The first kappa shape index (κ1) is 16.5. The van der Waals surface area contributed by atoms with Crippen molar-refractivity contribution in [3.05, 3.63) is 35.4 Å². The lowest BCUT2D eigenvalue weighted by Gasteiger charge is -2.40. The number of nitrogens with one attached hydrogen (secondary N) is 1. The van der Waals surface area contributed by atoms with Crippen LogP contribution in [0.4, 0.5) is 0 Å². The average Bonchev–Trinajstić information content (AvgIpc) is 2.86. The van der Waals surface area contributed by atoms with Crippen molar-refractivity contribution >= 4 is 5.91 Å². The molecule has 1 N–H and O–H groups in total. The summed E-state index contributed by atoms with van der Waals surface area (Å²) in [6.45, 7) is 7.77. The lowest BCUT2D eigenvalue weighted by Crippen LogP contribution is -2.48. The summed E-state index contributed by atoms with van der Waals surface area (Å²) >= 11 is 0. The molecule has 2 aliphatic heterocycles. The van der Waals surface area contributed by atoms with Crippen molar-refractivity contribution in [2.24, 2.45) is 5.41 Å². The van der Waals surface area contributed by atoms with E-state index in [1.165, 1.54) is 43.5 Å². The minimum Gasteiger partial charge on any atom is -0.351 e. The Hall–Kier alpha value is -1.39. The molecule has 0 aliphatic carbocycles. The molecule has 0 saturated carbocycles. The van der Waals surface area contributed by atoms with Gasteiger partial charge in [-0.15, -0.1) is 0 Å². The Morgan fingerprint density at radius 1 is 1.26 bits per heavy atom. The van der Waals surface area contributed by atoms with Gasteiger partial charge in [0.15, 0.2) is 0 Å². The van der Waals surface area contributed by atoms with Gasteiger partial charge in [-0.3, -0.25) is 9.69 Å². The van der Waals surface area contributed by atoms with Gasteiger partial charge in [0.25, 0.3) is 0 Å². The molecule has 1 unspecified atom stereocenters. The predicted molar refractivity (Wildman–Crippen MR) is 93.2 cm³/mol. The Balaban J connectivity index is 1.48. The summed E-state index contributed by atoms with van der Waals surface area (Å²) in [7, 11) is 2.21. The third-order valence-electron chi connectivity index (χ3n) is 5.31. The summed E-state index contributed by atoms with van der Waals surface area (Å²) in [6, 6.07) is 8.32. The fourth-order valence-corrected chi connectivity index (χ4v) is 4.22. The van der Waals surface area contributed by atoms with E-state index in [2.05, 4.69) is 47.3 Å². The van der Waals surface area contributed by atoms with Crippen LogP contribution < -0.4 is 5.32 Å². The van der Waals surface area contributed by atoms with Gasteiger partial charge in [0.1, 0.15) is 0 Å². The molecule has 1 spiro atoms. The Bertz CT molecular complexity index is 555. The number of carbonyl (C=O) groups excluding carboxylic acids is 1. The topological polar surface area (TPSA) is 35.6 Å². The van der Waals surface area contributed by atoms with Crippen LogP contribution in [-0.2, 0) is 11.3 Å². The zero-order valence-corrected chi connectivity index (χ0v) is 14.5. The third kappa shape index (κ3) is 4.33. The molecule has 4 nitrogen and oxygen atoms in total. The number of carbonyl (C=O) groups is 1. The van der Waals surface area contributed by atoms with Crippen LogP contribution in [0.3, 0.4) is 0 Å². The van der Waals surface area contributed by atoms with Crippen molar-refractivity contribution in [3.8, 4) is 0 Å². The van der Waals surface area contributed by atoms with Crippen molar-refractivity contribution in [2.45, 2.75) is 32.7 Å². The van der Waals surface area contributed by atoms with Gasteiger partial charge < -0.3 is 10.2 Å². The summed E-state index contributed by atoms with van der Waals surface area (Å²) in [5, 5.41) is 3.07. The predicted octanol–water partition coefficient (Wildman–Crippen LogP) is 2.03. The summed E-state index contributed by atoms with van der Waals surface area (Å²) in [5.74, 6) is 0.148. The highest BCUT2D eigenvalue weighted by Gasteiger charge is 2.40. The van der Waals surface area contributed by atoms with Crippen LogP contribution in [0.1, 0.15) is 30.4 Å². The SMILES string of the molecule is Cc1cccc(CNC(=O)CN2CCCC3(CCN(C)C3)C2)c1. The molecule has 3 rings (SSSR count). The molecule has 1 amide bonds. The van der Waals surface area contributed by atoms with E-state index in [9.17, 15) is 4.79 Å². The Morgan fingerprint density at radius 2 is 2.13 bits per heavy atom. The molecule has 0 bridgehead atoms. The van der Waals surface area contributed by atoms with Gasteiger partial charge in [0.2, 0.25) is 5.91 Å². The van der Waals surface area contributed by atoms with E-state index in [0.29, 0.717) is 18.5 Å². The maximum absolute atomic E-state index is 12.3. The summed E-state index contributed by atoms with van der Waals surface area (Å²) in [6.07, 6.45) is 3.82. The van der Waals surface area contributed by atoms with Gasteiger partial charge in [-0.05, 0) is 57.3 Å². The number of likely N-dealkylation sites (tertiary alicyclic amines) is 2. The smallest absolute Gasteiger partial charge is 0.234 e.